The van der Waals surface area contributed by atoms with Crippen molar-refractivity contribution in [3.63, 3.8) is 0 Å². The van der Waals surface area contributed by atoms with Gasteiger partial charge in [0, 0.05) is 0 Å². The maximum absolute atomic E-state index is 14.1. The maximum atomic E-state index is 14.1. The second-order valence-electron chi connectivity index (χ2n) is 5.55. The van der Waals surface area contributed by atoms with E-state index in [1.165, 1.54) is 17.7 Å². The average molecular weight is 330 g/mol. The smallest absolute Gasteiger partial charge is 0.338 e. The van der Waals surface area contributed by atoms with E-state index < -0.39 is 11.8 Å². The molecule has 2 rings (SSSR count). The molecule has 0 spiro atoms. The quantitative estimate of drug-likeness (QED) is 0.611. The van der Waals surface area contributed by atoms with Crippen molar-refractivity contribution in [3.8, 4) is 11.5 Å². The zero-order valence-electron chi connectivity index (χ0n) is 14.3. The van der Waals surface area contributed by atoms with E-state index in [2.05, 4.69) is 13.8 Å². The largest absolute Gasteiger partial charge is 0.462 e. The second kappa shape index (κ2) is 8.48. The number of carbonyl (C=O) groups is 1. The van der Waals surface area contributed by atoms with E-state index in [-0.39, 0.29) is 17.9 Å². The number of ether oxygens (including phenoxy) is 2. The minimum Gasteiger partial charge on any atom is -0.462 e. The van der Waals surface area contributed by atoms with Crippen LogP contribution in [0.5, 0.6) is 11.5 Å². The first-order chi connectivity index (χ1) is 11.6. The van der Waals surface area contributed by atoms with E-state index in [4.69, 9.17) is 9.47 Å². The number of carbonyl (C=O) groups excluding carboxylic acids is 1. The molecule has 0 atom stereocenters. The molecule has 4 heteroatoms. The third-order valence-corrected chi connectivity index (χ3v) is 4.01. The summed E-state index contributed by atoms with van der Waals surface area (Å²) in [6, 6.07) is 11.8. The van der Waals surface area contributed by atoms with Gasteiger partial charge >= 0.3 is 5.97 Å². The Kier molecular flexibility index (Phi) is 6.36. The van der Waals surface area contributed by atoms with E-state index in [1.807, 2.05) is 24.3 Å². The van der Waals surface area contributed by atoms with Crippen LogP contribution in [0, 0.1) is 5.82 Å². The molecule has 0 unspecified atom stereocenters. The van der Waals surface area contributed by atoms with Crippen LogP contribution in [-0.4, -0.2) is 12.6 Å². The van der Waals surface area contributed by atoms with Crippen LogP contribution in [0.25, 0.3) is 0 Å². The highest BCUT2D eigenvalue weighted by atomic mass is 19.1. The summed E-state index contributed by atoms with van der Waals surface area (Å²) in [5.74, 6) is 0.0348. The zero-order chi connectivity index (χ0) is 17.5. The lowest BCUT2D eigenvalue weighted by molar-refractivity contribution is 0.0525. The Balaban J connectivity index is 2.12. The zero-order valence-corrected chi connectivity index (χ0v) is 14.3. The van der Waals surface area contributed by atoms with Crippen LogP contribution in [0.1, 0.15) is 55.5 Å². The van der Waals surface area contributed by atoms with Gasteiger partial charge in [0.15, 0.2) is 11.6 Å². The summed E-state index contributed by atoms with van der Waals surface area (Å²) in [6.45, 7) is 6.29. The fraction of sp³-hybridized carbons (Fsp3) is 0.350. The Bertz CT molecular complexity index is 676. The van der Waals surface area contributed by atoms with Gasteiger partial charge in [-0.05, 0) is 61.6 Å². The van der Waals surface area contributed by atoms with Gasteiger partial charge < -0.3 is 9.47 Å². The molecule has 0 radical (unpaired) electrons. The molecule has 0 amide bonds. The molecule has 0 aliphatic heterocycles. The van der Waals surface area contributed by atoms with Crippen LogP contribution in [-0.2, 0) is 4.74 Å². The Morgan fingerprint density at radius 2 is 1.71 bits per heavy atom. The normalized spacial score (nSPS) is 10.7. The Labute approximate surface area is 142 Å². The fourth-order valence-corrected chi connectivity index (χ4v) is 2.62. The van der Waals surface area contributed by atoms with Gasteiger partial charge in [0.2, 0.25) is 0 Å². The van der Waals surface area contributed by atoms with Crippen molar-refractivity contribution in [2.75, 3.05) is 6.61 Å². The molecule has 0 aliphatic rings. The number of rotatable bonds is 7. The van der Waals surface area contributed by atoms with Crippen LogP contribution in [0.15, 0.2) is 42.5 Å². The topological polar surface area (TPSA) is 35.5 Å². The molecule has 0 bridgehead atoms. The van der Waals surface area contributed by atoms with Crippen LogP contribution in [0.3, 0.4) is 0 Å². The van der Waals surface area contributed by atoms with Crippen LogP contribution in [0.2, 0.25) is 0 Å². The molecular weight excluding hydrogens is 307 g/mol. The molecule has 0 fully saturated rings. The number of halogens is 1. The third kappa shape index (κ3) is 4.34. The van der Waals surface area contributed by atoms with E-state index in [9.17, 15) is 9.18 Å². The fourth-order valence-electron chi connectivity index (χ4n) is 2.62. The molecule has 2 aromatic carbocycles. The van der Waals surface area contributed by atoms with Gasteiger partial charge in [0.05, 0.1) is 12.2 Å². The number of hydrogen-bond acceptors (Lipinski definition) is 3. The van der Waals surface area contributed by atoms with Crippen molar-refractivity contribution in [2.45, 2.75) is 39.5 Å². The molecule has 0 saturated heterocycles. The van der Waals surface area contributed by atoms with Gasteiger partial charge in [-0.2, -0.15) is 0 Å². The molecule has 2 aromatic rings. The minimum absolute atomic E-state index is 0.0818. The lowest BCUT2D eigenvalue weighted by Crippen LogP contribution is -2.05. The number of hydrogen-bond donors (Lipinski definition) is 0. The van der Waals surface area contributed by atoms with Gasteiger partial charge in [-0.1, -0.05) is 26.0 Å². The summed E-state index contributed by atoms with van der Waals surface area (Å²) in [4.78, 5) is 11.6. The lowest BCUT2D eigenvalue weighted by atomic mass is 9.94. The number of esters is 1. The maximum Gasteiger partial charge on any atom is 0.338 e. The molecular formula is C20H23FO3. The van der Waals surface area contributed by atoms with Crippen molar-refractivity contribution in [1.82, 2.24) is 0 Å². The standard InChI is InChI=1S/C20H23FO3/c1-4-14(5-2)15-7-10-17(11-8-15)24-19-12-9-16(13-18(19)21)20(22)23-6-3/h7-14H,4-6H2,1-3H3. The SMILES string of the molecule is CCOC(=O)c1ccc(Oc2ccc(C(CC)CC)cc2)c(F)c1. The molecule has 128 valence electrons. The average Bonchev–Trinajstić information content (AvgIpc) is 2.59. The first-order valence-electron chi connectivity index (χ1n) is 8.33. The summed E-state index contributed by atoms with van der Waals surface area (Å²) in [6.07, 6.45) is 2.17. The summed E-state index contributed by atoms with van der Waals surface area (Å²) in [5, 5.41) is 0. The summed E-state index contributed by atoms with van der Waals surface area (Å²) in [7, 11) is 0. The molecule has 3 nitrogen and oxygen atoms in total. The Morgan fingerprint density at radius 3 is 2.25 bits per heavy atom. The van der Waals surface area contributed by atoms with Crippen molar-refractivity contribution < 1.29 is 18.7 Å². The van der Waals surface area contributed by atoms with Crippen LogP contribution < -0.4 is 4.74 Å². The van der Waals surface area contributed by atoms with Crippen molar-refractivity contribution >= 4 is 5.97 Å². The summed E-state index contributed by atoms with van der Waals surface area (Å²) < 4.78 is 24.6. The summed E-state index contributed by atoms with van der Waals surface area (Å²) >= 11 is 0. The van der Waals surface area contributed by atoms with E-state index in [0.29, 0.717) is 11.7 Å². The highest BCUT2D eigenvalue weighted by molar-refractivity contribution is 5.89. The van der Waals surface area contributed by atoms with E-state index in [1.54, 1.807) is 6.92 Å². The second-order valence-corrected chi connectivity index (χ2v) is 5.55. The molecule has 0 N–H and O–H groups in total. The highest BCUT2D eigenvalue weighted by Gasteiger charge is 2.12. The minimum atomic E-state index is -0.593. The van der Waals surface area contributed by atoms with Gasteiger partial charge in [-0.3, -0.25) is 0 Å². The molecule has 0 aromatic heterocycles. The van der Waals surface area contributed by atoms with Gasteiger partial charge in [-0.15, -0.1) is 0 Å². The lowest BCUT2D eigenvalue weighted by Gasteiger charge is -2.13. The van der Waals surface area contributed by atoms with Crippen LogP contribution in [0.4, 0.5) is 4.39 Å². The first-order valence-corrected chi connectivity index (χ1v) is 8.33. The third-order valence-electron chi connectivity index (χ3n) is 4.01. The van der Waals surface area contributed by atoms with E-state index in [0.717, 1.165) is 18.9 Å². The van der Waals surface area contributed by atoms with Gasteiger partial charge in [0.1, 0.15) is 5.75 Å². The first kappa shape index (κ1) is 18.0. The van der Waals surface area contributed by atoms with Crippen LogP contribution >= 0.6 is 0 Å². The molecule has 24 heavy (non-hydrogen) atoms. The van der Waals surface area contributed by atoms with Gasteiger partial charge in [0.25, 0.3) is 0 Å². The highest BCUT2D eigenvalue weighted by Crippen LogP contribution is 2.28. The van der Waals surface area contributed by atoms with E-state index >= 15 is 0 Å². The van der Waals surface area contributed by atoms with Gasteiger partial charge in [-0.25, -0.2) is 9.18 Å². The predicted molar refractivity (Wildman–Crippen MR) is 92.2 cm³/mol. The number of benzene rings is 2. The van der Waals surface area contributed by atoms with Crippen molar-refractivity contribution in [1.29, 1.82) is 0 Å². The Hall–Kier alpha value is -2.36. The van der Waals surface area contributed by atoms with Crippen molar-refractivity contribution in [3.05, 3.63) is 59.4 Å². The monoisotopic (exact) mass is 330 g/mol. The molecule has 0 saturated carbocycles. The predicted octanol–water partition coefficient (Wildman–Crippen LogP) is 5.70. The molecule has 0 aliphatic carbocycles. The molecule has 0 heterocycles. The van der Waals surface area contributed by atoms with Crippen molar-refractivity contribution in [2.24, 2.45) is 0 Å². The summed E-state index contributed by atoms with van der Waals surface area (Å²) in [5.41, 5.74) is 1.43. The Morgan fingerprint density at radius 1 is 1.04 bits per heavy atom.